The molecule has 0 aliphatic carbocycles. The van der Waals surface area contributed by atoms with Crippen LogP contribution in [0.1, 0.15) is 0 Å². The molecule has 0 aliphatic heterocycles. The van der Waals surface area contributed by atoms with Gasteiger partial charge in [0.05, 0.1) is 11.2 Å². The quantitative estimate of drug-likeness (QED) is 0.581. The van der Waals surface area contributed by atoms with Gasteiger partial charge in [0.2, 0.25) is 0 Å². The van der Waals surface area contributed by atoms with Gasteiger partial charge >= 0.3 is 0 Å². The first-order chi connectivity index (χ1) is 10.3. The molecule has 21 heavy (non-hydrogen) atoms. The van der Waals surface area contributed by atoms with Gasteiger partial charge in [-0.3, -0.25) is 4.40 Å². The number of hydrogen-bond donors (Lipinski definition) is 1. The molecule has 0 saturated heterocycles. The fraction of sp³-hybridized carbons (Fsp3) is 0. The molecule has 0 saturated carbocycles. The van der Waals surface area contributed by atoms with Crippen molar-refractivity contribution in [1.82, 2.24) is 14.6 Å². The fourth-order valence-electron chi connectivity index (χ4n) is 2.69. The van der Waals surface area contributed by atoms with E-state index in [0.29, 0.717) is 16.4 Å². The maximum Gasteiger partial charge on any atom is 0.184 e. The Bertz CT molecular complexity index is 960. The van der Waals surface area contributed by atoms with Crippen LogP contribution in [0.15, 0.2) is 54.9 Å². The number of nitrogens with zero attached hydrogens (tertiary/aromatic N) is 3. The predicted octanol–water partition coefficient (Wildman–Crippen LogP) is 3.79. The van der Waals surface area contributed by atoms with Crippen molar-refractivity contribution < 1.29 is 0 Å². The second-order valence-corrected chi connectivity index (χ2v) is 5.28. The maximum atomic E-state index is 6.35. The smallest absolute Gasteiger partial charge is 0.184 e. The van der Waals surface area contributed by atoms with Gasteiger partial charge in [-0.05, 0) is 23.8 Å². The Hall–Kier alpha value is -2.59. The predicted molar refractivity (Wildman–Crippen MR) is 85.4 cm³/mol. The summed E-state index contributed by atoms with van der Waals surface area (Å²) in [6.07, 6.45) is 1.66. The van der Waals surface area contributed by atoms with Crippen LogP contribution in [0, 0.1) is 0 Å². The molecule has 0 unspecified atom stereocenters. The lowest BCUT2D eigenvalue weighted by Crippen LogP contribution is -1.99. The largest absolute Gasteiger partial charge is 0.395 e. The van der Waals surface area contributed by atoms with Crippen LogP contribution in [-0.2, 0) is 0 Å². The van der Waals surface area contributed by atoms with Gasteiger partial charge in [-0.25, -0.2) is 0 Å². The summed E-state index contributed by atoms with van der Waals surface area (Å²) in [5, 5.41) is 9.76. The fourth-order valence-corrected chi connectivity index (χ4v) is 2.86. The Morgan fingerprint density at radius 1 is 1.05 bits per heavy atom. The number of anilines is 1. The number of nitrogen functional groups attached to an aromatic ring is 1. The number of rotatable bonds is 1. The molecule has 0 aliphatic rings. The number of halogens is 1. The van der Waals surface area contributed by atoms with E-state index in [1.54, 1.807) is 6.33 Å². The molecule has 0 fully saturated rings. The Balaban J connectivity index is 2.25. The number of hydrogen-bond acceptors (Lipinski definition) is 3. The summed E-state index contributed by atoms with van der Waals surface area (Å²) in [7, 11) is 0. The highest BCUT2D eigenvalue weighted by atomic mass is 35.5. The molecule has 0 atom stereocenters. The van der Waals surface area contributed by atoms with Crippen molar-refractivity contribution in [2.75, 3.05) is 5.73 Å². The summed E-state index contributed by atoms with van der Waals surface area (Å²) in [5.41, 5.74) is 10.6. The molecule has 4 rings (SSSR count). The third kappa shape index (κ3) is 1.76. The summed E-state index contributed by atoms with van der Waals surface area (Å²) in [4.78, 5) is 0. The van der Waals surface area contributed by atoms with Crippen molar-refractivity contribution in [2.24, 2.45) is 0 Å². The van der Waals surface area contributed by atoms with Gasteiger partial charge in [0.1, 0.15) is 6.33 Å². The minimum Gasteiger partial charge on any atom is -0.395 e. The molecule has 4 aromatic rings. The molecule has 0 bridgehead atoms. The Morgan fingerprint density at radius 2 is 1.86 bits per heavy atom. The lowest BCUT2D eigenvalue weighted by Gasteiger charge is -2.13. The molecule has 5 heteroatoms. The number of fused-ring (bicyclic) bond motifs is 3. The SMILES string of the molecule is Nc1c(-c2ccccc2)c2cc(Cl)ccc2n2cnnc12. The van der Waals surface area contributed by atoms with Gasteiger partial charge < -0.3 is 5.73 Å². The van der Waals surface area contributed by atoms with Gasteiger partial charge in [0, 0.05) is 16.0 Å². The highest BCUT2D eigenvalue weighted by molar-refractivity contribution is 6.31. The van der Waals surface area contributed by atoms with Gasteiger partial charge in [-0.15, -0.1) is 10.2 Å². The van der Waals surface area contributed by atoms with Crippen LogP contribution in [0.3, 0.4) is 0 Å². The van der Waals surface area contributed by atoms with Crippen LogP contribution in [0.5, 0.6) is 0 Å². The second kappa shape index (κ2) is 4.46. The molecule has 0 radical (unpaired) electrons. The van der Waals surface area contributed by atoms with Crippen LogP contribution in [0.2, 0.25) is 5.02 Å². The first kappa shape index (κ1) is 12.2. The highest BCUT2D eigenvalue weighted by Crippen LogP contribution is 2.37. The van der Waals surface area contributed by atoms with E-state index in [0.717, 1.165) is 22.0 Å². The van der Waals surface area contributed by atoms with Gasteiger partial charge in [0.25, 0.3) is 0 Å². The van der Waals surface area contributed by atoms with E-state index in [1.165, 1.54) is 0 Å². The van der Waals surface area contributed by atoms with Crippen molar-refractivity contribution in [2.45, 2.75) is 0 Å². The van der Waals surface area contributed by atoms with E-state index >= 15 is 0 Å². The molecule has 2 heterocycles. The van der Waals surface area contributed by atoms with Crippen LogP contribution < -0.4 is 5.73 Å². The summed E-state index contributed by atoms with van der Waals surface area (Å²) in [5.74, 6) is 0. The Morgan fingerprint density at radius 3 is 2.67 bits per heavy atom. The molecular weight excluding hydrogens is 284 g/mol. The zero-order chi connectivity index (χ0) is 14.4. The minimum absolute atomic E-state index is 0.605. The molecule has 2 N–H and O–H groups in total. The third-order valence-electron chi connectivity index (χ3n) is 3.61. The molecular formula is C16H11ClN4. The Kier molecular flexibility index (Phi) is 2.59. The summed E-state index contributed by atoms with van der Waals surface area (Å²) in [6, 6.07) is 15.7. The lowest BCUT2D eigenvalue weighted by atomic mass is 9.99. The van der Waals surface area contributed by atoms with E-state index < -0.39 is 0 Å². The average molecular weight is 295 g/mol. The summed E-state index contributed by atoms with van der Waals surface area (Å²) < 4.78 is 1.88. The van der Waals surface area contributed by atoms with Gasteiger partial charge in [-0.1, -0.05) is 41.9 Å². The van der Waals surface area contributed by atoms with Crippen molar-refractivity contribution in [3.8, 4) is 11.1 Å². The molecule has 0 spiro atoms. The first-order valence-corrected chi connectivity index (χ1v) is 6.89. The topological polar surface area (TPSA) is 56.2 Å². The molecule has 4 nitrogen and oxygen atoms in total. The molecule has 2 aromatic carbocycles. The standard InChI is InChI=1S/C16H11ClN4/c17-11-6-7-13-12(8-11)14(10-4-2-1-3-5-10)15(18)16-20-19-9-21(13)16/h1-9H,18H2. The third-order valence-corrected chi connectivity index (χ3v) is 3.84. The van der Waals surface area contributed by atoms with Crippen molar-refractivity contribution >= 4 is 33.8 Å². The molecule has 102 valence electrons. The average Bonchev–Trinajstić information content (AvgIpc) is 2.98. The lowest BCUT2D eigenvalue weighted by molar-refractivity contribution is 1.11. The number of pyridine rings is 1. The maximum absolute atomic E-state index is 6.35. The van der Waals surface area contributed by atoms with Crippen molar-refractivity contribution in [1.29, 1.82) is 0 Å². The number of nitrogens with two attached hydrogens (primary N) is 1. The van der Waals surface area contributed by atoms with E-state index in [9.17, 15) is 0 Å². The minimum atomic E-state index is 0.605. The summed E-state index contributed by atoms with van der Waals surface area (Å²) >= 11 is 6.17. The van der Waals surface area contributed by atoms with Crippen LogP contribution in [0.4, 0.5) is 5.69 Å². The first-order valence-electron chi connectivity index (χ1n) is 6.51. The number of benzene rings is 2. The molecule has 0 amide bonds. The van der Waals surface area contributed by atoms with E-state index in [1.807, 2.05) is 52.9 Å². The van der Waals surface area contributed by atoms with Gasteiger partial charge in [-0.2, -0.15) is 0 Å². The zero-order valence-corrected chi connectivity index (χ0v) is 11.7. The van der Waals surface area contributed by atoms with Crippen LogP contribution in [-0.4, -0.2) is 14.6 Å². The van der Waals surface area contributed by atoms with Crippen molar-refractivity contribution in [3.63, 3.8) is 0 Å². The van der Waals surface area contributed by atoms with Crippen LogP contribution >= 0.6 is 11.6 Å². The summed E-state index contributed by atoms with van der Waals surface area (Å²) in [6.45, 7) is 0. The monoisotopic (exact) mass is 294 g/mol. The number of aromatic nitrogens is 3. The van der Waals surface area contributed by atoms with Crippen molar-refractivity contribution in [3.05, 3.63) is 59.9 Å². The zero-order valence-electron chi connectivity index (χ0n) is 11.0. The normalized spacial score (nSPS) is 11.3. The second-order valence-electron chi connectivity index (χ2n) is 4.84. The Labute approximate surface area is 125 Å². The highest BCUT2D eigenvalue weighted by Gasteiger charge is 2.15. The van der Waals surface area contributed by atoms with Gasteiger partial charge in [0.15, 0.2) is 5.65 Å². The van der Waals surface area contributed by atoms with E-state index in [4.69, 9.17) is 17.3 Å². The van der Waals surface area contributed by atoms with E-state index in [-0.39, 0.29) is 0 Å². The molecule has 2 aromatic heterocycles. The van der Waals surface area contributed by atoms with E-state index in [2.05, 4.69) is 10.2 Å². The van der Waals surface area contributed by atoms with Crippen LogP contribution in [0.25, 0.3) is 27.7 Å².